The normalized spacial score (nSPS) is 10.7. The number of amides is 1. The van der Waals surface area contributed by atoms with Crippen LogP contribution in [0.15, 0.2) is 41.2 Å². The number of ether oxygens (including phenoxy) is 2. The van der Waals surface area contributed by atoms with Crippen molar-refractivity contribution in [3.8, 4) is 11.5 Å². The first-order valence-electron chi connectivity index (χ1n) is 9.05. The second-order valence-electron chi connectivity index (χ2n) is 6.77. The third kappa shape index (κ3) is 4.17. The molecule has 0 bridgehead atoms. The van der Waals surface area contributed by atoms with E-state index in [1.165, 1.54) is 14.2 Å². The first kappa shape index (κ1) is 19.5. The number of methoxy groups -OCH3 is 2. The molecule has 0 fully saturated rings. The van der Waals surface area contributed by atoms with E-state index in [1.807, 2.05) is 26.0 Å². The van der Waals surface area contributed by atoms with Crippen LogP contribution in [0.25, 0.3) is 10.9 Å². The Bertz CT molecular complexity index is 1060. The minimum atomic E-state index is -0.249. The summed E-state index contributed by atoms with van der Waals surface area (Å²) in [7, 11) is 3.07. The highest BCUT2D eigenvalue weighted by Crippen LogP contribution is 2.22. The SMILES string of the molecule is COc1cc(OC)cc(C(=O)NCCc2cc3c(C)cc(C)cc3[nH]c2=O)c1. The highest BCUT2D eigenvalue weighted by molar-refractivity contribution is 5.95. The minimum absolute atomic E-state index is 0.130. The number of fused-ring (bicyclic) bond motifs is 1. The zero-order valence-electron chi connectivity index (χ0n) is 16.5. The molecule has 2 aromatic carbocycles. The summed E-state index contributed by atoms with van der Waals surface area (Å²) < 4.78 is 10.4. The quantitative estimate of drug-likeness (QED) is 0.688. The summed E-state index contributed by atoms with van der Waals surface area (Å²) in [6, 6.07) is 11.0. The van der Waals surface area contributed by atoms with Crippen LogP contribution in [0, 0.1) is 13.8 Å². The van der Waals surface area contributed by atoms with Crippen molar-refractivity contribution in [3.63, 3.8) is 0 Å². The van der Waals surface area contributed by atoms with Crippen LogP contribution in [0.1, 0.15) is 27.0 Å². The molecule has 0 aliphatic carbocycles. The van der Waals surface area contributed by atoms with Crippen LogP contribution >= 0.6 is 0 Å². The van der Waals surface area contributed by atoms with Crippen molar-refractivity contribution in [1.82, 2.24) is 10.3 Å². The van der Waals surface area contributed by atoms with Gasteiger partial charge < -0.3 is 19.8 Å². The summed E-state index contributed by atoms with van der Waals surface area (Å²) in [4.78, 5) is 27.8. The number of nitrogens with one attached hydrogen (secondary N) is 2. The predicted molar refractivity (Wildman–Crippen MR) is 110 cm³/mol. The van der Waals surface area contributed by atoms with Gasteiger partial charge in [-0.1, -0.05) is 6.07 Å². The Morgan fingerprint density at radius 2 is 1.68 bits per heavy atom. The smallest absolute Gasteiger partial charge is 0.251 e. The van der Waals surface area contributed by atoms with Crippen molar-refractivity contribution in [1.29, 1.82) is 0 Å². The lowest BCUT2D eigenvalue weighted by Gasteiger charge is -2.10. The van der Waals surface area contributed by atoms with Crippen LogP contribution in [-0.4, -0.2) is 31.7 Å². The summed E-state index contributed by atoms with van der Waals surface area (Å²) in [5.74, 6) is 0.837. The van der Waals surface area contributed by atoms with Gasteiger partial charge in [0, 0.05) is 34.6 Å². The van der Waals surface area contributed by atoms with E-state index >= 15 is 0 Å². The molecule has 0 aliphatic rings. The van der Waals surface area contributed by atoms with Crippen molar-refractivity contribution in [3.05, 3.63) is 69.0 Å². The molecule has 0 radical (unpaired) electrons. The maximum absolute atomic E-state index is 12.5. The fraction of sp³-hybridized carbons (Fsp3) is 0.273. The molecule has 2 N–H and O–H groups in total. The van der Waals surface area contributed by atoms with Gasteiger partial charge in [-0.2, -0.15) is 0 Å². The summed E-state index contributed by atoms with van der Waals surface area (Å²) in [6.07, 6.45) is 0.436. The molecule has 6 nitrogen and oxygen atoms in total. The van der Waals surface area contributed by atoms with Gasteiger partial charge in [-0.15, -0.1) is 0 Å². The first-order chi connectivity index (χ1) is 13.4. The number of benzene rings is 2. The van der Waals surface area contributed by atoms with E-state index in [-0.39, 0.29) is 11.5 Å². The first-order valence-corrected chi connectivity index (χ1v) is 9.05. The van der Waals surface area contributed by atoms with Crippen LogP contribution in [0.2, 0.25) is 0 Å². The predicted octanol–water partition coefficient (Wildman–Crippen LogP) is 3.13. The number of hydrogen-bond acceptors (Lipinski definition) is 4. The lowest BCUT2D eigenvalue weighted by molar-refractivity contribution is 0.0953. The molecule has 0 spiro atoms. The van der Waals surface area contributed by atoms with Crippen molar-refractivity contribution in [2.24, 2.45) is 0 Å². The molecule has 0 aliphatic heterocycles. The van der Waals surface area contributed by atoms with Gasteiger partial charge in [0.25, 0.3) is 11.5 Å². The summed E-state index contributed by atoms with van der Waals surface area (Å²) >= 11 is 0. The number of pyridine rings is 1. The molecule has 0 saturated carbocycles. The molecule has 6 heteroatoms. The standard InChI is InChI=1S/C22H24N2O4/c1-13-7-14(2)19-11-15(22(26)24-20(19)8-13)5-6-23-21(25)16-9-17(27-3)12-18(10-16)28-4/h7-12H,5-6H2,1-4H3,(H,23,25)(H,24,26). The van der Waals surface area contributed by atoms with Crippen LogP contribution in [0.3, 0.4) is 0 Å². The van der Waals surface area contributed by atoms with Gasteiger partial charge in [-0.3, -0.25) is 9.59 Å². The number of aryl methyl sites for hydroxylation is 2. The maximum atomic E-state index is 12.5. The van der Waals surface area contributed by atoms with E-state index in [1.54, 1.807) is 18.2 Å². The molecule has 1 heterocycles. The number of H-pyrrole nitrogens is 1. The van der Waals surface area contributed by atoms with E-state index in [2.05, 4.69) is 16.4 Å². The second kappa shape index (κ2) is 8.17. The monoisotopic (exact) mass is 380 g/mol. The molecule has 0 atom stereocenters. The molecule has 1 aromatic heterocycles. The highest BCUT2D eigenvalue weighted by Gasteiger charge is 2.11. The number of rotatable bonds is 6. The van der Waals surface area contributed by atoms with Gasteiger partial charge in [0.05, 0.1) is 14.2 Å². The van der Waals surface area contributed by atoms with Crippen LogP contribution in [0.4, 0.5) is 0 Å². The van der Waals surface area contributed by atoms with Gasteiger partial charge in [-0.25, -0.2) is 0 Å². The summed E-state index contributed by atoms with van der Waals surface area (Å²) in [6.45, 7) is 4.37. The average Bonchev–Trinajstić information content (AvgIpc) is 2.68. The van der Waals surface area contributed by atoms with Crippen LogP contribution < -0.4 is 20.3 Å². The van der Waals surface area contributed by atoms with Crippen molar-refractivity contribution in [2.45, 2.75) is 20.3 Å². The van der Waals surface area contributed by atoms with Crippen LogP contribution in [-0.2, 0) is 6.42 Å². The summed E-state index contributed by atoms with van der Waals surface area (Å²) in [5, 5.41) is 3.86. The van der Waals surface area contributed by atoms with Crippen LogP contribution in [0.5, 0.6) is 11.5 Å². The van der Waals surface area contributed by atoms with E-state index in [0.717, 1.165) is 22.0 Å². The van der Waals surface area contributed by atoms with E-state index in [0.29, 0.717) is 35.6 Å². The van der Waals surface area contributed by atoms with Gasteiger partial charge in [0.2, 0.25) is 0 Å². The summed E-state index contributed by atoms with van der Waals surface area (Å²) in [5.41, 5.74) is 4.00. The Kier molecular flexibility index (Phi) is 5.68. The largest absolute Gasteiger partial charge is 0.497 e. The molecule has 3 rings (SSSR count). The Balaban J connectivity index is 1.74. The fourth-order valence-electron chi connectivity index (χ4n) is 3.25. The van der Waals surface area contributed by atoms with E-state index < -0.39 is 0 Å². The third-order valence-electron chi connectivity index (χ3n) is 4.68. The Hall–Kier alpha value is -3.28. The zero-order chi connectivity index (χ0) is 20.3. The van der Waals surface area contributed by atoms with Crippen molar-refractivity contribution in [2.75, 3.05) is 20.8 Å². The van der Waals surface area contributed by atoms with Gasteiger partial charge in [0.1, 0.15) is 11.5 Å². The third-order valence-corrected chi connectivity index (χ3v) is 4.68. The minimum Gasteiger partial charge on any atom is -0.497 e. The van der Waals surface area contributed by atoms with Gasteiger partial charge in [-0.05, 0) is 55.7 Å². The number of aromatic nitrogens is 1. The number of carbonyl (C=O) groups excluding carboxylic acids is 1. The molecule has 1 amide bonds. The Labute approximate surface area is 163 Å². The number of hydrogen-bond donors (Lipinski definition) is 2. The molecule has 146 valence electrons. The molecular weight excluding hydrogens is 356 g/mol. The molecular formula is C22H24N2O4. The zero-order valence-corrected chi connectivity index (χ0v) is 16.5. The maximum Gasteiger partial charge on any atom is 0.251 e. The average molecular weight is 380 g/mol. The fourth-order valence-corrected chi connectivity index (χ4v) is 3.25. The Morgan fingerprint density at radius 1 is 1.00 bits per heavy atom. The van der Waals surface area contributed by atoms with Crippen molar-refractivity contribution < 1.29 is 14.3 Å². The molecule has 0 unspecified atom stereocenters. The van der Waals surface area contributed by atoms with Crippen molar-refractivity contribution >= 4 is 16.8 Å². The van der Waals surface area contributed by atoms with Gasteiger partial charge >= 0.3 is 0 Å². The number of aromatic amines is 1. The molecule has 28 heavy (non-hydrogen) atoms. The van der Waals surface area contributed by atoms with E-state index in [4.69, 9.17) is 9.47 Å². The Morgan fingerprint density at radius 3 is 2.32 bits per heavy atom. The van der Waals surface area contributed by atoms with Gasteiger partial charge in [0.15, 0.2) is 0 Å². The highest BCUT2D eigenvalue weighted by atomic mass is 16.5. The number of carbonyl (C=O) groups is 1. The second-order valence-corrected chi connectivity index (χ2v) is 6.77. The molecule has 0 saturated heterocycles. The lowest BCUT2D eigenvalue weighted by Crippen LogP contribution is -2.27. The molecule has 3 aromatic rings. The lowest BCUT2D eigenvalue weighted by atomic mass is 10.0. The van der Waals surface area contributed by atoms with E-state index in [9.17, 15) is 9.59 Å². The topological polar surface area (TPSA) is 80.4 Å².